The Kier molecular flexibility index (Phi) is 5.41. The molecule has 3 aromatic rings. The summed E-state index contributed by atoms with van der Waals surface area (Å²) in [5, 5.41) is 14.5. The number of carbonyl (C=O) groups is 1. The van der Waals surface area contributed by atoms with Gasteiger partial charge in [0.25, 0.3) is 0 Å². The minimum absolute atomic E-state index is 0.158. The van der Waals surface area contributed by atoms with Crippen LogP contribution in [-0.4, -0.2) is 51.3 Å². The molecule has 150 valence electrons. The second-order valence-corrected chi connectivity index (χ2v) is 7.32. The molecule has 4 rings (SSSR count). The molecular formula is C21H25N7O. The number of hydrogen-bond acceptors (Lipinski definition) is 5. The van der Waals surface area contributed by atoms with Crippen LogP contribution in [0.3, 0.4) is 0 Å². The fourth-order valence-electron chi connectivity index (χ4n) is 3.67. The van der Waals surface area contributed by atoms with Gasteiger partial charge in [-0.2, -0.15) is 0 Å². The first-order chi connectivity index (χ1) is 14.1. The van der Waals surface area contributed by atoms with Crippen LogP contribution in [0.5, 0.6) is 0 Å². The Balaban J connectivity index is 1.45. The summed E-state index contributed by atoms with van der Waals surface area (Å²) in [4.78, 5) is 16.9. The summed E-state index contributed by atoms with van der Waals surface area (Å²) in [5.74, 6) is 0.647. The molecule has 2 heterocycles. The average Bonchev–Trinajstić information content (AvgIpc) is 3.40. The van der Waals surface area contributed by atoms with E-state index in [1.54, 1.807) is 16.6 Å². The summed E-state index contributed by atoms with van der Waals surface area (Å²) in [5.41, 5.74) is 3.93. The van der Waals surface area contributed by atoms with Gasteiger partial charge in [-0.15, -0.1) is 5.10 Å². The first-order valence-corrected chi connectivity index (χ1v) is 9.79. The van der Waals surface area contributed by atoms with Crippen LogP contribution in [0.15, 0.2) is 48.5 Å². The lowest BCUT2D eigenvalue weighted by Gasteiger charge is -2.24. The van der Waals surface area contributed by atoms with Gasteiger partial charge in [0.15, 0.2) is 5.82 Å². The number of amides is 2. The number of rotatable bonds is 5. The maximum absolute atomic E-state index is 12.8. The molecule has 2 aromatic carbocycles. The molecule has 1 aromatic heterocycles. The Labute approximate surface area is 170 Å². The number of tetrazole rings is 1. The predicted octanol–water partition coefficient (Wildman–Crippen LogP) is 3.14. The van der Waals surface area contributed by atoms with Crippen molar-refractivity contribution in [1.82, 2.24) is 25.1 Å². The van der Waals surface area contributed by atoms with Gasteiger partial charge in [0, 0.05) is 50.7 Å². The number of carbonyl (C=O) groups excluding carboxylic acids is 1. The lowest BCUT2D eigenvalue weighted by atomic mass is 10.1. The number of anilines is 2. The minimum Gasteiger partial charge on any atom is -0.371 e. The van der Waals surface area contributed by atoms with E-state index in [0.29, 0.717) is 18.1 Å². The smallest absolute Gasteiger partial charge is 0.321 e. The van der Waals surface area contributed by atoms with Crippen molar-refractivity contribution < 1.29 is 4.79 Å². The van der Waals surface area contributed by atoms with Crippen LogP contribution in [0, 0.1) is 0 Å². The molecule has 0 aliphatic carbocycles. The highest BCUT2D eigenvalue weighted by atomic mass is 16.2. The van der Waals surface area contributed by atoms with E-state index >= 15 is 0 Å². The topological polar surface area (TPSA) is 79.2 Å². The summed E-state index contributed by atoms with van der Waals surface area (Å²) >= 11 is 0. The largest absolute Gasteiger partial charge is 0.371 e. The molecule has 1 fully saturated rings. The summed E-state index contributed by atoms with van der Waals surface area (Å²) in [6.07, 6.45) is 2.45. The predicted molar refractivity (Wildman–Crippen MR) is 113 cm³/mol. The number of hydrogen-bond donors (Lipinski definition) is 1. The highest BCUT2D eigenvalue weighted by Crippen LogP contribution is 2.26. The highest BCUT2D eigenvalue weighted by molar-refractivity contribution is 5.90. The molecule has 0 saturated carbocycles. The van der Waals surface area contributed by atoms with Gasteiger partial charge in [-0.3, -0.25) is 0 Å². The van der Waals surface area contributed by atoms with Crippen molar-refractivity contribution in [3.05, 3.63) is 54.1 Å². The van der Waals surface area contributed by atoms with Crippen LogP contribution in [0.4, 0.5) is 16.2 Å². The fraction of sp³-hybridized carbons (Fsp3) is 0.333. The number of aryl methyl sites for hydroxylation is 1. The maximum atomic E-state index is 12.8. The van der Waals surface area contributed by atoms with Crippen LogP contribution in [0.25, 0.3) is 11.4 Å². The zero-order valence-electron chi connectivity index (χ0n) is 16.7. The van der Waals surface area contributed by atoms with E-state index in [2.05, 4.69) is 43.9 Å². The third-order valence-corrected chi connectivity index (χ3v) is 5.18. The van der Waals surface area contributed by atoms with Crippen molar-refractivity contribution in [2.75, 3.05) is 30.4 Å². The third kappa shape index (κ3) is 4.21. The van der Waals surface area contributed by atoms with Crippen molar-refractivity contribution >= 4 is 17.4 Å². The van der Waals surface area contributed by atoms with E-state index in [1.807, 2.05) is 37.4 Å². The van der Waals surface area contributed by atoms with Gasteiger partial charge in [-0.05, 0) is 47.0 Å². The third-order valence-electron chi connectivity index (χ3n) is 5.18. The van der Waals surface area contributed by atoms with Crippen LogP contribution < -0.4 is 10.2 Å². The van der Waals surface area contributed by atoms with Crippen molar-refractivity contribution in [3.8, 4) is 11.4 Å². The molecule has 1 N–H and O–H groups in total. The number of urea groups is 1. The summed E-state index contributed by atoms with van der Waals surface area (Å²) in [6, 6.07) is 15.7. The number of nitrogens with one attached hydrogen (secondary N) is 1. The molecule has 0 radical (unpaired) electrons. The van der Waals surface area contributed by atoms with E-state index in [-0.39, 0.29) is 6.03 Å². The molecule has 2 amide bonds. The zero-order valence-corrected chi connectivity index (χ0v) is 16.7. The van der Waals surface area contributed by atoms with Crippen LogP contribution in [0.1, 0.15) is 18.4 Å². The lowest BCUT2D eigenvalue weighted by Crippen LogP contribution is -2.31. The van der Waals surface area contributed by atoms with E-state index in [4.69, 9.17) is 0 Å². The van der Waals surface area contributed by atoms with E-state index < -0.39 is 0 Å². The standard InChI is InChI=1S/C21H25N7O/c1-26(15-17-8-3-4-11-19(17)28-12-5-6-13-28)21(29)22-18-10-7-9-16(14-18)20-23-24-25-27(20)2/h3-4,7-11,14H,5-6,12-13,15H2,1-2H3,(H,22,29). The Morgan fingerprint density at radius 1 is 1.14 bits per heavy atom. The second kappa shape index (κ2) is 8.30. The number of para-hydroxylation sites is 1. The average molecular weight is 391 g/mol. The Morgan fingerprint density at radius 2 is 1.93 bits per heavy atom. The molecule has 0 bridgehead atoms. The van der Waals surface area contributed by atoms with E-state index in [9.17, 15) is 4.79 Å². The summed E-state index contributed by atoms with van der Waals surface area (Å²) < 4.78 is 1.60. The van der Waals surface area contributed by atoms with Crippen LogP contribution >= 0.6 is 0 Å². The van der Waals surface area contributed by atoms with Gasteiger partial charge in [0.05, 0.1) is 0 Å². The summed E-state index contributed by atoms with van der Waals surface area (Å²) in [7, 11) is 3.60. The van der Waals surface area contributed by atoms with Crippen molar-refractivity contribution in [3.63, 3.8) is 0 Å². The second-order valence-electron chi connectivity index (χ2n) is 7.32. The highest BCUT2D eigenvalue weighted by Gasteiger charge is 2.18. The Bertz CT molecular complexity index is 994. The van der Waals surface area contributed by atoms with Gasteiger partial charge in [-0.1, -0.05) is 30.3 Å². The molecule has 0 atom stereocenters. The van der Waals surface area contributed by atoms with Gasteiger partial charge in [-0.25, -0.2) is 9.48 Å². The Hall–Kier alpha value is -3.42. The summed E-state index contributed by atoms with van der Waals surface area (Å²) in [6.45, 7) is 2.71. The van der Waals surface area contributed by atoms with Crippen molar-refractivity contribution in [2.24, 2.45) is 7.05 Å². The monoisotopic (exact) mass is 391 g/mol. The Morgan fingerprint density at radius 3 is 2.69 bits per heavy atom. The fourth-order valence-corrected chi connectivity index (χ4v) is 3.67. The number of nitrogens with zero attached hydrogens (tertiary/aromatic N) is 6. The molecule has 1 saturated heterocycles. The number of benzene rings is 2. The molecule has 8 heteroatoms. The van der Waals surface area contributed by atoms with Crippen molar-refractivity contribution in [1.29, 1.82) is 0 Å². The van der Waals surface area contributed by atoms with E-state index in [0.717, 1.165) is 24.2 Å². The zero-order chi connectivity index (χ0) is 20.2. The van der Waals surface area contributed by atoms with Gasteiger partial charge >= 0.3 is 6.03 Å². The number of aromatic nitrogens is 4. The van der Waals surface area contributed by atoms with Crippen LogP contribution in [0.2, 0.25) is 0 Å². The molecule has 0 unspecified atom stereocenters. The molecular weight excluding hydrogens is 366 g/mol. The molecule has 29 heavy (non-hydrogen) atoms. The van der Waals surface area contributed by atoms with Crippen molar-refractivity contribution in [2.45, 2.75) is 19.4 Å². The molecule has 0 spiro atoms. The van der Waals surface area contributed by atoms with Gasteiger partial charge < -0.3 is 15.1 Å². The first kappa shape index (κ1) is 18.9. The quantitative estimate of drug-likeness (QED) is 0.723. The normalized spacial score (nSPS) is 13.5. The maximum Gasteiger partial charge on any atom is 0.321 e. The minimum atomic E-state index is -0.158. The molecule has 1 aliphatic rings. The van der Waals surface area contributed by atoms with E-state index in [1.165, 1.54) is 18.5 Å². The SMILES string of the molecule is CN(Cc1ccccc1N1CCCC1)C(=O)Nc1cccc(-c2nnnn2C)c1. The van der Waals surface area contributed by atoms with Crippen LogP contribution in [-0.2, 0) is 13.6 Å². The first-order valence-electron chi connectivity index (χ1n) is 9.79. The van der Waals surface area contributed by atoms with Gasteiger partial charge in [0.1, 0.15) is 0 Å². The molecule has 8 nitrogen and oxygen atoms in total. The lowest BCUT2D eigenvalue weighted by molar-refractivity contribution is 0.220. The molecule has 1 aliphatic heterocycles. The van der Waals surface area contributed by atoms with Gasteiger partial charge in [0.2, 0.25) is 0 Å².